The van der Waals surface area contributed by atoms with Gasteiger partial charge in [-0.25, -0.2) is 0 Å². The molecule has 4 aliphatic rings. The highest BCUT2D eigenvalue weighted by molar-refractivity contribution is 5.30. The van der Waals surface area contributed by atoms with Crippen LogP contribution in [0.2, 0.25) is 0 Å². The summed E-state index contributed by atoms with van der Waals surface area (Å²) in [6, 6.07) is 0.0434. The number of hydrogen-bond donors (Lipinski definition) is 2. The van der Waals surface area contributed by atoms with E-state index in [9.17, 15) is 0 Å². The molecule has 19 heavy (non-hydrogen) atoms. The van der Waals surface area contributed by atoms with Crippen LogP contribution in [-0.2, 0) is 0 Å². The second-order valence-corrected chi connectivity index (χ2v) is 7.39. The predicted octanol–water partition coefficient (Wildman–Crippen LogP) is 3.28. The zero-order valence-electron chi connectivity index (χ0n) is 12.0. The lowest BCUT2D eigenvalue weighted by Gasteiger charge is -2.54. The third-order valence-corrected chi connectivity index (χ3v) is 6.08. The first-order valence-electron chi connectivity index (χ1n) is 7.93. The van der Waals surface area contributed by atoms with Gasteiger partial charge in [-0.1, -0.05) is 0 Å². The number of nitrogens with one attached hydrogen (secondary N) is 1. The Morgan fingerprint density at radius 1 is 1.11 bits per heavy atom. The Hall–Kier alpha value is -0.830. The van der Waals surface area contributed by atoms with E-state index >= 15 is 0 Å². The summed E-state index contributed by atoms with van der Waals surface area (Å²) in [6.07, 6.45) is 7.37. The molecule has 5 rings (SSSR count). The van der Waals surface area contributed by atoms with Gasteiger partial charge in [-0.15, -0.1) is 0 Å². The molecule has 1 aromatic heterocycles. The maximum Gasteiger partial charge on any atom is 0.0818 e. The number of rotatable bonds is 2. The van der Waals surface area contributed by atoms with Gasteiger partial charge in [-0.2, -0.15) is 5.10 Å². The quantitative estimate of drug-likeness (QED) is 0.856. The van der Waals surface area contributed by atoms with Crippen LogP contribution in [0.4, 0.5) is 0 Å². The molecule has 4 saturated carbocycles. The Bertz CT molecular complexity index is 460. The van der Waals surface area contributed by atoms with Crippen LogP contribution in [-0.4, -0.2) is 10.2 Å². The highest BCUT2D eigenvalue weighted by Crippen LogP contribution is 2.59. The Kier molecular flexibility index (Phi) is 2.57. The normalized spacial score (nSPS) is 41.7. The van der Waals surface area contributed by atoms with Crippen molar-refractivity contribution in [2.24, 2.45) is 29.4 Å². The smallest absolute Gasteiger partial charge is 0.0818 e. The fourth-order valence-electron chi connectivity index (χ4n) is 5.59. The van der Waals surface area contributed by atoms with Gasteiger partial charge >= 0.3 is 0 Å². The second kappa shape index (κ2) is 4.08. The molecule has 0 aromatic carbocycles. The number of nitrogens with two attached hydrogens (primary N) is 1. The van der Waals surface area contributed by atoms with Crippen LogP contribution in [0.25, 0.3) is 0 Å². The van der Waals surface area contributed by atoms with Crippen molar-refractivity contribution in [2.45, 2.75) is 57.9 Å². The maximum absolute atomic E-state index is 6.02. The van der Waals surface area contributed by atoms with E-state index in [0.717, 1.165) is 35.3 Å². The molecule has 1 unspecified atom stereocenters. The SMILES string of the molecule is Cc1c(C(C)N)n[nH]c1C1C2CC3CC(C2)CC1C3. The van der Waals surface area contributed by atoms with Crippen molar-refractivity contribution < 1.29 is 0 Å². The Morgan fingerprint density at radius 3 is 2.16 bits per heavy atom. The summed E-state index contributed by atoms with van der Waals surface area (Å²) in [5.74, 6) is 4.64. The van der Waals surface area contributed by atoms with Crippen LogP contribution in [0.15, 0.2) is 0 Å². The molecule has 4 fully saturated rings. The first kappa shape index (κ1) is 12.0. The van der Waals surface area contributed by atoms with Crippen LogP contribution in [0, 0.1) is 30.6 Å². The number of hydrogen-bond acceptors (Lipinski definition) is 2. The zero-order valence-corrected chi connectivity index (χ0v) is 12.0. The van der Waals surface area contributed by atoms with Gasteiger partial charge in [0.1, 0.15) is 0 Å². The molecular weight excluding hydrogens is 234 g/mol. The van der Waals surface area contributed by atoms with Crippen molar-refractivity contribution in [1.82, 2.24) is 10.2 Å². The fourth-order valence-corrected chi connectivity index (χ4v) is 5.59. The Morgan fingerprint density at radius 2 is 1.68 bits per heavy atom. The monoisotopic (exact) mass is 259 g/mol. The first-order chi connectivity index (χ1) is 9.13. The molecule has 0 spiro atoms. The van der Waals surface area contributed by atoms with E-state index in [1.54, 1.807) is 0 Å². The first-order valence-corrected chi connectivity index (χ1v) is 7.93. The molecule has 1 aromatic rings. The lowest BCUT2D eigenvalue weighted by molar-refractivity contribution is -0.00437. The summed E-state index contributed by atoms with van der Waals surface area (Å²) < 4.78 is 0. The summed E-state index contributed by atoms with van der Waals surface area (Å²) in [7, 11) is 0. The van der Waals surface area contributed by atoms with Crippen LogP contribution >= 0.6 is 0 Å². The molecule has 3 heteroatoms. The van der Waals surface area contributed by atoms with Crippen molar-refractivity contribution in [2.75, 3.05) is 0 Å². The third kappa shape index (κ3) is 1.70. The minimum atomic E-state index is 0.0434. The predicted molar refractivity (Wildman–Crippen MR) is 75.7 cm³/mol. The van der Waals surface area contributed by atoms with Crippen molar-refractivity contribution in [3.8, 4) is 0 Å². The van der Waals surface area contributed by atoms with Crippen LogP contribution in [0.1, 0.15) is 67.9 Å². The van der Waals surface area contributed by atoms with Gasteiger partial charge in [0.15, 0.2) is 0 Å². The van der Waals surface area contributed by atoms with Gasteiger partial charge in [0.2, 0.25) is 0 Å². The second-order valence-electron chi connectivity index (χ2n) is 7.39. The van der Waals surface area contributed by atoms with E-state index in [1.807, 2.05) is 6.92 Å². The third-order valence-electron chi connectivity index (χ3n) is 6.08. The van der Waals surface area contributed by atoms with Gasteiger partial charge < -0.3 is 5.73 Å². The van der Waals surface area contributed by atoms with E-state index in [4.69, 9.17) is 5.73 Å². The van der Waals surface area contributed by atoms with E-state index in [1.165, 1.54) is 43.4 Å². The van der Waals surface area contributed by atoms with Crippen molar-refractivity contribution in [1.29, 1.82) is 0 Å². The maximum atomic E-state index is 6.02. The van der Waals surface area contributed by atoms with E-state index in [2.05, 4.69) is 17.1 Å². The average molecular weight is 259 g/mol. The van der Waals surface area contributed by atoms with Gasteiger partial charge in [0.05, 0.1) is 5.69 Å². The fraction of sp³-hybridized carbons (Fsp3) is 0.812. The Labute approximate surface area is 115 Å². The standard InChI is InChI=1S/C16H25N3/c1-8-15(9(2)17)18-19-16(8)14-12-4-10-3-11(6-12)7-13(14)5-10/h9-14H,3-7,17H2,1-2H3,(H,18,19). The molecule has 0 amide bonds. The molecule has 0 aliphatic heterocycles. The van der Waals surface area contributed by atoms with Crippen LogP contribution < -0.4 is 5.73 Å². The Balaban J connectivity index is 1.69. The molecule has 0 saturated heterocycles. The summed E-state index contributed by atoms with van der Waals surface area (Å²) in [5, 5.41) is 7.85. The van der Waals surface area contributed by atoms with E-state index < -0.39 is 0 Å². The molecular formula is C16H25N3. The zero-order chi connectivity index (χ0) is 13.1. The molecule has 4 aliphatic carbocycles. The molecule has 4 bridgehead atoms. The highest BCUT2D eigenvalue weighted by atomic mass is 15.1. The molecule has 1 heterocycles. The minimum absolute atomic E-state index is 0.0434. The lowest BCUT2D eigenvalue weighted by Crippen LogP contribution is -2.44. The molecule has 3 nitrogen and oxygen atoms in total. The summed E-state index contributed by atoms with van der Waals surface area (Å²) in [6.45, 7) is 4.24. The summed E-state index contributed by atoms with van der Waals surface area (Å²) >= 11 is 0. The number of H-pyrrole nitrogens is 1. The van der Waals surface area contributed by atoms with Gasteiger partial charge in [0.25, 0.3) is 0 Å². The summed E-state index contributed by atoms with van der Waals surface area (Å²) in [5.41, 5.74) is 9.85. The van der Waals surface area contributed by atoms with Crippen LogP contribution in [0.3, 0.4) is 0 Å². The van der Waals surface area contributed by atoms with E-state index in [-0.39, 0.29) is 6.04 Å². The average Bonchev–Trinajstić information content (AvgIpc) is 2.70. The lowest BCUT2D eigenvalue weighted by atomic mass is 9.51. The number of aromatic nitrogens is 2. The molecule has 3 N–H and O–H groups in total. The largest absolute Gasteiger partial charge is 0.323 e. The van der Waals surface area contributed by atoms with Gasteiger partial charge in [-0.3, -0.25) is 5.10 Å². The topological polar surface area (TPSA) is 54.7 Å². The van der Waals surface area contributed by atoms with Gasteiger partial charge in [-0.05, 0) is 75.2 Å². The molecule has 104 valence electrons. The van der Waals surface area contributed by atoms with Gasteiger partial charge in [0, 0.05) is 17.7 Å². The number of aromatic amines is 1. The van der Waals surface area contributed by atoms with Crippen molar-refractivity contribution in [3.63, 3.8) is 0 Å². The van der Waals surface area contributed by atoms with Crippen LogP contribution in [0.5, 0.6) is 0 Å². The van der Waals surface area contributed by atoms with Crippen molar-refractivity contribution >= 4 is 0 Å². The molecule has 0 radical (unpaired) electrons. The summed E-state index contributed by atoms with van der Waals surface area (Å²) in [4.78, 5) is 0. The van der Waals surface area contributed by atoms with E-state index in [0.29, 0.717) is 0 Å². The minimum Gasteiger partial charge on any atom is -0.323 e. The number of nitrogens with zero attached hydrogens (tertiary/aromatic N) is 1. The molecule has 1 atom stereocenters. The van der Waals surface area contributed by atoms with Crippen molar-refractivity contribution in [3.05, 3.63) is 17.0 Å². The highest BCUT2D eigenvalue weighted by Gasteiger charge is 2.49.